The maximum atomic E-state index is 13.3. The zero-order chi connectivity index (χ0) is 18.7. The Morgan fingerprint density at radius 3 is 2.23 bits per heavy atom. The lowest BCUT2D eigenvalue weighted by atomic mass is 9.86. The first-order chi connectivity index (χ1) is 12.4. The molecule has 0 radical (unpaired) electrons. The van der Waals surface area contributed by atoms with Crippen LogP contribution in [0.4, 0.5) is 9.18 Å². The second-order valence-corrected chi connectivity index (χ2v) is 7.72. The summed E-state index contributed by atoms with van der Waals surface area (Å²) in [6.45, 7) is 1.22. The number of carbonyl (C=O) groups is 2. The Kier molecular flexibility index (Phi) is 5.49. The number of amides is 3. The molecular formula is C20H28FN3O2. The standard InChI is InChI=1S/C20H28FN3O2/c1-23(2)19(26)24-13-9-15(10-14-24)18(25)22-20(11-3-4-12-20)16-5-7-17(21)8-6-16/h5-8,15H,3-4,9-14H2,1-2H3,(H,22,25). The van der Waals surface area contributed by atoms with Crippen LogP contribution in [-0.4, -0.2) is 48.9 Å². The summed E-state index contributed by atoms with van der Waals surface area (Å²) in [5.74, 6) is -0.265. The summed E-state index contributed by atoms with van der Waals surface area (Å²) in [5.41, 5.74) is 0.617. The monoisotopic (exact) mass is 361 g/mol. The van der Waals surface area contributed by atoms with Gasteiger partial charge in [-0.2, -0.15) is 0 Å². The number of hydrogen-bond donors (Lipinski definition) is 1. The van der Waals surface area contributed by atoms with Crippen molar-refractivity contribution in [2.24, 2.45) is 5.92 Å². The van der Waals surface area contributed by atoms with Crippen molar-refractivity contribution in [2.45, 2.75) is 44.1 Å². The van der Waals surface area contributed by atoms with Crippen molar-refractivity contribution < 1.29 is 14.0 Å². The van der Waals surface area contributed by atoms with Gasteiger partial charge in [-0.1, -0.05) is 25.0 Å². The molecule has 1 aliphatic carbocycles. The van der Waals surface area contributed by atoms with E-state index < -0.39 is 0 Å². The number of urea groups is 1. The van der Waals surface area contributed by atoms with Gasteiger partial charge < -0.3 is 15.1 Å². The number of hydrogen-bond acceptors (Lipinski definition) is 2. The molecule has 2 aliphatic rings. The first-order valence-corrected chi connectivity index (χ1v) is 9.45. The summed E-state index contributed by atoms with van der Waals surface area (Å²) < 4.78 is 13.3. The van der Waals surface area contributed by atoms with Crippen LogP contribution in [0.5, 0.6) is 0 Å². The average molecular weight is 361 g/mol. The maximum absolute atomic E-state index is 13.3. The molecule has 1 saturated heterocycles. The van der Waals surface area contributed by atoms with Gasteiger partial charge in [-0.05, 0) is 43.4 Å². The molecule has 0 unspecified atom stereocenters. The van der Waals surface area contributed by atoms with E-state index in [4.69, 9.17) is 0 Å². The second-order valence-electron chi connectivity index (χ2n) is 7.72. The normalized spacial score (nSPS) is 20.0. The van der Waals surface area contributed by atoms with E-state index in [9.17, 15) is 14.0 Å². The highest BCUT2D eigenvalue weighted by atomic mass is 19.1. The fourth-order valence-corrected chi connectivity index (χ4v) is 4.19. The zero-order valence-corrected chi connectivity index (χ0v) is 15.6. The Bertz CT molecular complexity index is 646. The molecule has 0 bridgehead atoms. The summed E-state index contributed by atoms with van der Waals surface area (Å²) >= 11 is 0. The quantitative estimate of drug-likeness (QED) is 0.899. The van der Waals surface area contributed by atoms with Crippen LogP contribution in [0.2, 0.25) is 0 Å². The van der Waals surface area contributed by atoms with Crippen molar-refractivity contribution in [2.75, 3.05) is 27.2 Å². The molecule has 1 N–H and O–H groups in total. The highest BCUT2D eigenvalue weighted by molar-refractivity contribution is 5.80. The van der Waals surface area contributed by atoms with E-state index in [1.165, 1.54) is 12.1 Å². The van der Waals surface area contributed by atoms with Crippen LogP contribution < -0.4 is 5.32 Å². The number of rotatable bonds is 3. The topological polar surface area (TPSA) is 52.7 Å². The lowest BCUT2D eigenvalue weighted by Crippen LogP contribution is -2.50. The largest absolute Gasteiger partial charge is 0.346 e. The van der Waals surface area contributed by atoms with E-state index in [1.807, 2.05) is 0 Å². The third-order valence-electron chi connectivity index (χ3n) is 5.74. The third kappa shape index (κ3) is 3.84. The van der Waals surface area contributed by atoms with Gasteiger partial charge in [0, 0.05) is 33.1 Å². The highest BCUT2D eigenvalue weighted by Crippen LogP contribution is 2.39. The SMILES string of the molecule is CN(C)C(=O)N1CCC(C(=O)NC2(c3ccc(F)cc3)CCCC2)CC1. The van der Waals surface area contributed by atoms with Crippen LogP contribution in [0.1, 0.15) is 44.1 Å². The molecule has 3 rings (SSSR count). The minimum absolute atomic E-state index is 0.00225. The smallest absolute Gasteiger partial charge is 0.319 e. The van der Waals surface area contributed by atoms with Crippen molar-refractivity contribution >= 4 is 11.9 Å². The van der Waals surface area contributed by atoms with Gasteiger partial charge in [0.1, 0.15) is 5.82 Å². The van der Waals surface area contributed by atoms with Gasteiger partial charge in [-0.15, -0.1) is 0 Å². The van der Waals surface area contributed by atoms with Gasteiger partial charge >= 0.3 is 6.03 Å². The predicted octanol–water partition coefficient (Wildman–Crippen LogP) is 3.10. The summed E-state index contributed by atoms with van der Waals surface area (Å²) in [6, 6.07) is 6.51. The zero-order valence-electron chi connectivity index (χ0n) is 15.6. The molecule has 1 heterocycles. The van der Waals surface area contributed by atoms with Gasteiger partial charge in [0.15, 0.2) is 0 Å². The second kappa shape index (κ2) is 7.64. The Hall–Kier alpha value is -2.11. The minimum Gasteiger partial charge on any atom is -0.346 e. The Balaban J connectivity index is 1.65. The van der Waals surface area contributed by atoms with Gasteiger partial charge in [-0.3, -0.25) is 4.79 Å². The van der Waals surface area contributed by atoms with Crippen molar-refractivity contribution in [1.82, 2.24) is 15.1 Å². The highest BCUT2D eigenvalue weighted by Gasteiger charge is 2.39. The van der Waals surface area contributed by atoms with Crippen molar-refractivity contribution in [3.05, 3.63) is 35.6 Å². The van der Waals surface area contributed by atoms with Crippen LogP contribution in [0.25, 0.3) is 0 Å². The van der Waals surface area contributed by atoms with Crippen LogP contribution in [0.15, 0.2) is 24.3 Å². The molecule has 0 atom stereocenters. The van der Waals surface area contributed by atoms with Crippen molar-refractivity contribution in [3.63, 3.8) is 0 Å². The molecule has 3 amide bonds. The molecule has 1 aromatic rings. The van der Waals surface area contributed by atoms with Gasteiger partial charge in [0.2, 0.25) is 5.91 Å². The Morgan fingerprint density at radius 2 is 1.69 bits per heavy atom. The number of carbonyl (C=O) groups excluding carboxylic acids is 2. The molecule has 1 saturated carbocycles. The number of benzene rings is 1. The Morgan fingerprint density at radius 1 is 1.12 bits per heavy atom. The first kappa shape index (κ1) is 18.7. The summed E-state index contributed by atoms with van der Waals surface area (Å²) in [7, 11) is 3.49. The molecule has 1 aliphatic heterocycles. The lowest BCUT2D eigenvalue weighted by Gasteiger charge is -2.36. The molecule has 6 heteroatoms. The summed E-state index contributed by atoms with van der Waals surface area (Å²) in [6.07, 6.45) is 5.28. The molecule has 0 spiro atoms. The molecular weight excluding hydrogens is 333 g/mol. The van der Waals surface area contributed by atoms with Gasteiger partial charge in [0.05, 0.1) is 5.54 Å². The molecule has 142 valence electrons. The van der Waals surface area contributed by atoms with Crippen LogP contribution in [0.3, 0.4) is 0 Å². The van der Waals surface area contributed by atoms with E-state index in [2.05, 4.69) is 5.32 Å². The van der Waals surface area contributed by atoms with Crippen molar-refractivity contribution in [1.29, 1.82) is 0 Å². The maximum Gasteiger partial charge on any atom is 0.319 e. The fourth-order valence-electron chi connectivity index (χ4n) is 4.19. The van der Waals surface area contributed by atoms with E-state index in [1.54, 1.807) is 36.0 Å². The van der Waals surface area contributed by atoms with Gasteiger partial charge in [0.25, 0.3) is 0 Å². The number of nitrogens with one attached hydrogen (secondary N) is 1. The van der Waals surface area contributed by atoms with E-state index in [0.29, 0.717) is 25.9 Å². The van der Waals surface area contributed by atoms with Crippen LogP contribution >= 0.6 is 0 Å². The third-order valence-corrected chi connectivity index (χ3v) is 5.74. The van der Waals surface area contributed by atoms with E-state index in [0.717, 1.165) is 31.2 Å². The first-order valence-electron chi connectivity index (χ1n) is 9.45. The number of piperidine rings is 1. The lowest BCUT2D eigenvalue weighted by molar-refractivity contribution is -0.128. The molecule has 1 aromatic carbocycles. The van der Waals surface area contributed by atoms with E-state index >= 15 is 0 Å². The average Bonchev–Trinajstić information content (AvgIpc) is 3.11. The number of halogens is 1. The number of likely N-dealkylation sites (tertiary alicyclic amines) is 1. The van der Waals surface area contributed by atoms with E-state index in [-0.39, 0.29) is 29.2 Å². The number of nitrogens with zero attached hydrogens (tertiary/aromatic N) is 2. The Labute approximate surface area is 154 Å². The fraction of sp³-hybridized carbons (Fsp3) is 0.600. The predicted molar refractivity (Wildman–Crippen MR) is 98.1 cm³/mol. The van der Waals surface area contributed by atoms with Crippen LogP contribution in [0, 0.1) is 11.7 Å². The van der Waals surface area contributed by atoms with Crippen molar-refractivity contribution in [3.8, 4) is 0 Å². The molecule has 2 fully saturated rings. The molecule has 0 aromatic heterocycles. The molecule has 26 heavy (non-hydrogen) atoms. The molecule has 5 nitrogen and oxygen atoms in total. The van der Waals surface area contributed by atoms with Gasteiger partial charge in [-0.25, -0.2) is 9.18 Å². The van der Waals surface area contributed by atoms with Crippen LogP contribution in [-0.2, 0) is 10.3 Å². The minimum atomic E-state index is -0.374. The summed E-state index contributed by atoms with van der Waals surface area (Å²) in [5, 5.41) is 3.29. The summed E-state index contributed by atoms with van der Waals surface area (Å²) in [4.78, 5) is 28.3.